The zero-order chi connectivity index (χ0) is 27.1. The fourth-order valence-electron chi connectivity index (χ4n) is 4.25. The van der Waals surface area contributed by atoms with E-state index in [1.807, 2.05) is 102 Å². The largest absolute Gasteiger partial charge is 0.479 e. The smallest absolute Gasteiger partial charge is 0.269 e. The molecule has 5 rings (SSSR count). The highest BCUT2D eigenvalue weighted by atomic mass is 32.1. The van der Waals surface area contributed by atoms with Crippen molar-refractivity contribution in [2.75, 3.05) is 0 Å². The highest BCUT2D eigenvalue weighted by Crippen LogP contribution is 2.43. The maximum atomic E-state index is 12.1. The molecule has 3 N–H and O–H groups in total. The topological polar surface area (TPSA) is 97.6 Å². The van der Waals surface area contributed by atoms with Crippen molar-refractivity contribution in [3.05, 3.63) is 136 Å². The van der Waals surface area contributed by atoms with Gasteiger partial charge in [0.25, 0.3) is 5.79 Å². The van der Waals surface area contributed by atoms with E-state index in [0.717, 1.165) is 16.7 Å². The molecule has 0 aliphatic carbocycles. The van der Waals surface area contributed by atoms with E-state index in [0.29, 0.717) is 5.56 Å². The van der Waals surface area contributed by atoms with Gasteiger partial charge in [-0.1, -0.05) is 91.0 Å². The molecule has 0 bridgehead atoms. The Kier molecular flexibility index (Phi) is 8.54. The van der Waals surface area contributed by atoms with Crippen molar-refractivity contribution in [3.63, 3.8) is 0 Å². The summed E-state index contributed by atoms with van der Waals surface area (Å²) in [7, 11) is 0. The third-order valence-corrected chi connectivity index (χ3v) is 7.09. The third-order valence-electron chi connectivity index (χ3n) is 6.41. The lowest BCUT2D eigenvalue weighted by Crippen LogP contribution is -2.68. The molecule has 4 aromatic rings. The molecule has 0 amide bonds. The number of benzene rings is 3. The van der Waals surface area contributed by atoms with Crippen LogP contribution in [0.3, 0.4) is 0 Å². The van der Waals surface area contributed by atoms with Crippen LogP contribution in [0.4, 0.5) is 0 Å². The minimum Gasteiger partial charge on any atom is -0.479 e. The molecule has 0 radical (unpaired) electrons. The van der Waals surface area contributed by atoms with Gasteiger partial charge in [0, 0.05) is 17.0 Å². The van der Waals surface area contributed by atoms with Crippen LogP contribution in [0, 0.1) is 0 Å². The second kappa shape index (κ2) is 12.2. The van der Waals surface area contributed by atoms with Crippen LogP contribution >= 0.6 is 11.3 Å². The summed E-state index contributed by atoms with van der Waals surface area (Å²) in [6.45, 7) is -0.103. The second-order valence-electron chi connectivity index (χ2n) is 9.19. The van der Waals surface area contributed by atoms with Gasteiger partial charge in [-0.05, 0) is 28.1 Å². The normalized spacial score (nSPS) is 23.6. The van der Waals surface area contributed by atoms with E-state index in [9.17, 15) is 15.3 Å². The van der Waals surface area contributed by atoms with Crippen LogP contribution in [0.25, 0.3) is 5.76 Å². The Morgan fingerprint density at radius 1 is 0.744 bits per heavy atom. The van der Waals surface area contributed by atoms with Crippen LogP contribution < -0.4 is 0 Å². The Bertz CT molecular complexity index is 1330. The lowest BCUT2D eigenvalue weighted by Gasteiger charge is -2.48. The lowest BCUT2D eigenvalue weighted by molar-refractivity contribution is -0.420. The van der Waals surface area contributed by atoms with Crippen LogP contribution in [0.1, 0.15) is 22.3 Å². The molecule has 0 fully saturated rings. The van der Waals surface area contributed by atoms with Gasteiger partial charge in [-0.25, -0.2) is 0 Å². The zero-order valence-electron chi connectivity index (χ0n) is 21.1. The lowest BCUT2D eigenvalue weighted by atomic mass is 9.93. The van der Waals surface area contributed by atoms with E-state index in [2.05, 4.69) is 0 Å². The molecule has 0 saturated carbocycles. The summed E-state index contributed by atoms with van der Waals surface area (Å²) >= 11 is 1.44. The predicted molar refractivity (Wildman–Crippen MR) is 147 cm³/mol. The summed E-state index contributed by atoms with van der Waals surface area (Å²) in [4.78, 5) is 0. The first-order valence-electron chi connectivity index (χ1n) is 12.5. The number of rotatable bonds is 11. The van der Waals surface area contributed by atoms with Crippen LogP contribution in [-0.2, 0) is 38.8 Å². The van der Waals surface area contributed by atoms with Crippen LogP contribution in [0.15, 0.2) is 114 Å². The Balaban J connectivity index is 1.50. The predicted octanol–water partition coefficient (Wildman–Crippen LogP) is 4.83. The van der Waals surface area contributed by atoms with E-state index in [-0.39, 0.29) is 25.6 Å². The van der Waals surface area contributed by atoms with Crippen molar-refractivity contribution in [1.29, 1.82) is 0 Å². The highest BCUT2D eigenvalue weighted by molar-refractivity contribution is 7.08. The standard InChI is InChI=1S/C31H30O7S/c32-29(35-19-23-10-4-1-5-11-23)28-31(34,37-21-25-14-8-3-9-15-25)30(33,36-20-24-12-6-2-7-13-24)18-27(38-28)26-16-17-39-22-26/h1-18,22,28-29,32-34H,19-21H2/t28-,29?,30+,31+/m1/s1. The van der Waals surface area contributed by atoms with E-state index < -0.39 is 24.0 Å². The SMILES string of the molecule is OC(OCc1ccccc1)[C@H]1OC(c2ccsc2)=C[C@](O)(OCc2ccccc2)[C@@]1(O)OCc1ccccc1. The first-order valence-corrected chi connectivity index (χ1v) is 13.5. The van der Waals surface area contributed by atoms with Crippen molar-refractivity contribution >= 4 is 17.1 Å². The molecular weight excluding hydrogens is 516 g/mol. The summed E-state index contributed by atoms with van der Waals surface area (Å²) in [5.74, 6) is -4.77. The summed E-state index contributed by atoms with van der Waals surface area (Å²) in [5.41, 5.74) is 2.96. The minimum atomic E-state index is -2.56. The summed E-state index contributed by atoms with van der Waals surface area (Å²) in [6.07, 6.45) is -1.99. The fourth-order valence-corrected chi connectivity index (χ4v) is 4.90. The van der Waals surface area contributed by atoms with E-state index in [4.69, 9.17) is 18.9 Å². The van der Waals surface area contributed by atoms with Crippen LogP contribution in [0.2, 0.25) is 0 Å². The molecule has 8 heteroatoms. The summed E-state index contributed by atoms with van der Waals surface area (Å²) < 4.78 is 23.8. The third kappa shape index (κ3) is 6.29. The molecule has 0 spiro atoms. The Morgan fingerprint density at radius 3 is 1.82 bits per heavy atom. The molecule has 1 aliphatic heterocycles. The van der Waals surface area contributed by atoms with E-state index >= 15 is 0 Å². The van der Waals surface area contributed by atoms with Crippen LogP contribution in [0.5, 0.6) is 0 Å². The molecule has 1 unspecified atom stereocenters. The molecule has 202 valence electrons. The van der Waals surface area contributed by atoms with Gasteiger partial charge < -0.3 is 34.3 Å². The van der Waals surface area contributed by atoms with Gasteiger partial charge in [-0.3, -0.25) is 0 Å². The first-order chi connectivity index (χ1) is 19.0. The molecular formula is C31H30O7S. The highest BCUT2D eigenvalue weighted by Gasteiger charge is 2.63. The van der Waals surface area contributed by atoms with Crippen molar-refractivity contribution in [2.45, 2.75) is 43.8 Å². The number of hydrogen-bond donors (Lipinski definition) is 3. The maximum absolute atomic E-state index is 12.1. The van der Waals surface area contributed by atoms with Crippen molar-refractivity contribution in [2.24, 2.45) is 0 Å². The van der Waals surface area contributed by atoms with Gasteiger partial charge in [-0.15, -0.1) is 0 Å². The number of aliphatic hydroxyl groups is 3. The number of ether oxygens (including phenoxy) is 4. The van der Waals surface area contributed by atoms with Gasteiger partial charge in [-0.2, -0.15) is 11.3 Å². The Morgan fingerprint density at radius 2 is 1.28 bits per heavy atom. The quantitative estimate of drug-likeness (QED) is 0.232. The van der Waals surface area contributed by atoms with Crippen LogP contribution in [-0.4, -0.2) is 39.3 Å². The van der Waals surface area contributed by atoms with Gasteiger partial charge >= 0.3 is 0 Å². The maximum Gasteiger partial charge on any atom is 0.269 e. The minimum absolute atomic E-state index is 0.0391. The molecule has 1 aromatic heterocycles. The van der Waals surface area contributed by atoms with Gasteiger partial charge in [0.2, 0.25) is 11.9 Å². The molecule has 1 aliphatic rings. The zero-order valence-corrected chi connectivity index (χ0v) is 21.9. The van der Waals surface area contributed by atoms with Crippen molar-refractivity contribution in [1.82, 2.24) is 0 Å². The molecule has 4 atom stereocenters. The molecule has 0 saturated heterocycles. The van der Waals surface area contributed by atoms with Gasteiger partial charge in [0.15, 0.2) is 6.29 Å². The number of thiophene rings is 1. The van der Waals surface area contributed by atoms with E-state index in [1.54, 1.807) is 6.07 Å². The average Bonchev–Trinajstić information content (AvgIpc) is 3.52. The van der Waals surface area contributed by atoms with Crippen molar-refractivity contribution in [3.8, 4) is 0 Å². The summed E-state index contributed by atoms with van der Waals surface area (Å²) in [6, 6.07) is 29.5. The number of hydrogen-bond acceptors (Lipinski definition) is 8. The monoisotopic (exact) mass is 546 g/mol. The second-order valence-corrected chi connectivity index (χ2v) is 9.97. The first kappa shape index (κ1) is 27.2. The molecule has 2 heterocycles. The van der Waals surface area contributed by atoms with Gasteiger partial charge in [0.05, 0.1) is 19.8 Å². The van der Waals surface area contributed by atoms with Crippen molar-refractivity contribution < 1.29 is 34.3 Å². The Hall–Kier alpha value is -3.34. The summed E-state index contributed by atoms with van der Waals surface area (Å²) in [5, 5.41) is 39.0. The fraction of sp³-hybridized carbons (Fsp3) is 0.226. The van der Waals surface area contributed by atoms with Gasteiger partial charge in [0.1, 0.15) is 5.76 Å². The molecule has 39 heavy (non-hydrogen) atoms. The van der Waals surface area contributed by atoms with E-state index in [1.165, 1.54) is 17.4 Å². The number of aliphatic hydroxyl groups excluding tert-OH is 1. The molecule has 7 nitrogen and oxygen atoms in total. The average molecular weight is 547 g/mol. The molecule has 3 aromatic carbocycles. The Labute approximate surface area is 231 Å².